The maximum Gasteiger partial charge on any atom is 0.408 e. The first-order valence-corrected chi connectivity index (χ1v) is 34.2. The van der Waals surface area contributed by atoms with Gasteiger partial charge in [-0.05, 0) is 111 Å². The average molecular weight is 1400 g/mol. The van der Waals surface area contributed by atoms with Crippen LogP contribution >= 0.6 is 0 Å². The van der Waals surface area contributed by atoms with Crippen LogP contribution in [-0.2, 0) is 141 Å². The van der Waals surface area contributed by atoms with Gasteiger partial charge in [-0.2, -0.15) is 0 Å². The standard InChI is InChI=1S/C36H48FN3O8.C31H40FN3O6.S3.S2/c1-23(2)18-26(34(45)47-6)21-31(42)29(19-24-10-8-7-9-11-24)39-32(43)17-16-28(41)22-38-33(44)30(40-35(46)48-36(3,4)5)20-25-12-14-27(37)15-13-25;1-20(2)15-23(31(40)41-3)18-28(37)27(17-21-7-5-4-6-8-21)35-29(38)14-13-25(36)19-34-30(39)26(33)16-22-9-11-24(32)12-10-22;1-3-2;1-2/h7-15,23,26,29-30H,16-22H2,1-6H3,(H,38,44)(H,39,43)(H,40,46);4-12,20,23,26-27H,13-19,33H2,1-3H3,(H,34,39)(H,35,38);;/t26-,29+,30+;23-,26+,27+;;/m11../s1. The van der Waals surface area contributed by atoms with E-state index in [1.165, 1.54) is 62.8 Å². The molecule has 94 heavy (non-hydrogen) atoms. The van der Waals surface area contributed by atoms with Gasteiger partial charge in [-0.1, -0.05) is 113 Å². The monoisotopic (exact) mass is 1400 g/mol. The number of benzene rings is 4. The van der Waals surface area contributed by atoms with E-state index in [4.69, 9.17) is 19.9 Å². The third-order valence-corrected chi connectivity index (χ3v) is 13.7. The Bertz CT molecular complexity index is 3100. The van der Waals surface area contributed by atoms with Gasteiger partial charge in [-0.25, -0.2) is 13.6 Å². The summed E-state index contributed by atoms with van der Waals surface area (Å²) in [5, 5.41) is 12.9. The van der Waals surface area contributed by atoms with Gasteiger partial charge in [0.2, 0.25) is 23.6 Å². The quantitative estimate of drug-likeness (QED) is 0.0201. The molecule has 5 amide bonds. The van der Waals surface area contributed by atoms with Crippen LogP contribution in [0.1, 0.15) is 122 Å². The van der Waals surface area contributed by atoms with Crippen LogP contribution < -0.4 is 32.3 Å². The summed E-state index contributed by atoms with van der Waals surface area (Å²) in [6.07, 6.45) is -0.285. The van der Waals surface area contributed by atoms with Crippen LogP contribution in [0.3, 0.4) is 0 Å². The number of rotatable bonds is 35. The SMILES string of the molecule is COC(=O)[C@@H](CC(=O)[C@H](Cc1ccccc1)NC(=O)CCC(=O)CNC(=O)[C@@H](N)Cc1ccc(F)cc1)CC(C)C.COC(=O)[C@@H](CC(=O)[C@H](Cc1ccccc1)NC(=O)CCC(=O)CNC(=O)[C@H](Cc1ccc(F)cc1)NC(=O)OC(C)(C)C)CC(C)C.S=S.S=S=S. The summed E-state index contributed by atoms with van der Waals surface area (Å²) in [7, 11) is 3.47. The number of halogens is 2. The zero-order chi connectivity index (χ0) is 70.9. The Morgan fingerprint density at radius 3 is 1.19 bits per heavy atom. The normalized spacial score (nSPS) is 12.6. The molecular weight excluding hydrogens is 1310 g/mol. The van der Waals surface area contributed by atoms with Crippen molar-refractivity contribution in [2.75, 3.05) is 27.3 Å². The van der Waals surface area contributed by atoms with Crippen molar-refractivity contribution in [2.45, 2.75) is 155 Å². The van der Waals surface area contributed by atoms with Crippen LogP contribution in [0.15, 0.2) is 109 Å². The minimum atomic E-state index is -1.13. The highest BCUT2D eigenvalue weighted by Gasteiger charge is 2.32. The molecule has 4 rings (SSSR count). The molecule has 0 aliphatic heterocycles. The molecule has 514 valence electrons. The molecule has 0 fully saturated rings. The third-order valence-electron chi connectivity index (χ3n) is 13.7. The maximum absolute atomic E-state index is 13.4. The number of nitrogens with one attached hydrogen (secondary N) is 5. The maximum atomic E-state index is 13.4. The lowest BCUT2D eigenvalue weighted by Gasteiger charge is -2.23. The van der Waals surface area contributed by atoms with Crippen molar-refractivity contribution in [1.82, 2.24) is 26.6 Å². The van der Waals surface area contributed by atoms with Gasteiger partial charge in [0, 0.05) is 98.6 Å². The van der Waals surface area contributed by atoms with Crippen LogP contribution in [0.2, 0.25) is 0 Å². The fourth-order valence-corrected chi connectivity index (χ4v) is 9.28. The molecule has 0 spiro atoms. The Kier molecular flexibility index (Phi) is 42.0. The molecule has 4 aromatic rings. The van der Waals surface area contributed by atoms with Gasteiger partial charge < -0.3 is 46.5 Å². The zero-order valence-corrected chi connectivity index (χ0v) is 58.6. The molecule has 20 nitrogen and oxygen atoms in total. The second-order valence-electron chi connectivity index (χ2n) is 23.7. The van der Waals surface area contributed by atoms with Crippen molar-refractivity contribution in [3.05, 3.63) is 143 Å². The van der Waals surface area contributed by atoms with Crippen molar-refractivity contribution in [3.8, 4) is 0 Å². The minimum Gasteiger partial charge on any atom is -0.469 e. The number of nitrogens with two attached hydrogens (primary N) is 1. The molecule has 0 heterocycles. The zero-order valence-electron chi connectivity index (χ0n) is 54.5. The number of ketones is 4. The highest BCUT2D eigenvalue weighted by Crippen LogP contribution is 2.22. The number of Topliss-reactive ketones (excluding diaryl/α,β-unsaturated/α-hetero) is 4. The van der Waals surface area contributed by atoms with Crippen molar-refractivity contribution in [2.24, 2.45) is 29.4 Å². The fourth-order valence-electron chi connectivity index (χ4n) is 9.28. The predicted molar refractivity (Wildman–Crippen MR) is 366 cm³/mol. The second kappa shape index (κ2) is 46.6. The van der Waals surface area contributed by atoms with E-state index in [0.717, 1.165) is 20.0 Å². The van der Waals surface area contributed by atoms with E-state index in [1.807, 2.05) is 88.4 Å². The van der Waals surface area contributed by atoms with E-state index in [2.05, 4.69) is 71.3 Å². The molecule has 0 aliphatic rings. The fraction of sp³-hybridized carbons (Fsp3) is 0.478. The minimum absolute atomic E-state index is 0.00673. The second-order valence-corrected chi connectivity index (χ2v) is 25.5. The Morgan fingerprint density at radius 2 is 0.840 bits per heavy atom. The van der Waals surface area contributed by atoms with E-state index >= 15 is 0 Å². The van der Waals surface area contributed by atoms with E-state index in [9.17, 15) is 61.5 Å². The number of ether oxygens (including phenoxy) is 3. The molecule has 6 atom stereocenters. The lowest BCUT2D eigenvalue weighted by atomic mass is 9.89. The van der Waals surface area contributed by atoms with Crippen molar-refractivity contribution in [1.29, 1.82) is 0 Å². The van der Waals surface area contributed by atoms with Crippen molar-refractivity contribution >= 4 is 118 Å². The van der Waals surface area contributed by atoms with Crippen LogP contribution in [0.25, 0.3) is 0 Å². The van der Waals surface area contributed by atoms with Gasteiger partial charge >= 0.3 is 18.0 Å². The lowest BCUT2D eigenvalue weighted by Crippen LogP contribution is -2.50. The number of carbonyl (C=O) groups excluding carboxylic acids is 11. The summed E-state index contributed by atoms with van der Waals surface area (Å²) in [4.78, 5) is 140. The van der Waals surface area contributed by atoms with Gasteiger partial charge in [0.15, 0.2) is 23.1 Å². The first-order valence-electron chi connectivity index (χ1n) is 30.2. The summed E-state index contributed by atoms with van der Waals surface area (Å²) >= 11 is 15.6. The molecule has 0 saturated carbocycles. The number of hydrogen-bond acceptors (Lipinski definition) is 19. The topological polar surface area (TPSA) is 302 Å². The van der Waals surface area contributed by atoms with Gasteiger partial charge in [-0.15, -0.1) is 0 Å². The largest absolute Gasteiger partial charge is 0.469 e. The van der Waals surface area contributed by atoms with Crippen LogP contribution in [-0.4, -0.2) is 122 Å². The lowest BCUT2D eigenvalue weighted by molar-refractivity contribution is -0.148. The summed E-state index contributed by atoms with van der Waals surface area (Å²) < 4.78 is 41.5. The molecular formula is C67H88F2N6O14S5. The van der Waals surface area contributed by atoms with Crippen molar-refractivity contribution < 1.29 is 75.7 Å². The Balaban J connectivity index is 0.000000889. The van der Waals surface area contributed by atoms with E-state index in [1.54, 1.807) is 20.8 Å². The van der Waals surface area contributed by atoms with E-state index < -0.39 is 107 Å². The molecule has 0 unspecified atom stereocenters. The van der Waals surface area contributed by atoms with Gasteiger partial charge in [-0.3, -0.25) is 47.9 Å². The Morgan fingerprint density at radius 1 is 0.500 bits per heavy atom. The molecule has 0 aromatic heterocycles. The number of hydrogen-bond donors (Lipinski definition) is 6. The first-order chi connectivity index (χ1) is 44.4. The van der Waals surface area contributed by atoms with Gasteiger partial charge in [0.1, 0.15) is 23.3 Å². The number of carbonyl (C=O) groups is 11. The van der Waals surface area contributed by atoms with Crippen molar-refractivity contribution in [3.63, 3.8) is 0 Å². The first kappa shape index (κ1) is 84.6. The van der Waals surface area contributed by atoms with Crippen LogP contribution in [0.5, 0.6) is 0 Å². The molecule has 4 aromatic carbocycles. The van der Waals surface area contributed by atoms with Crippen LogP contribution in [0, 0.1) is 35.3 Å². The Hall–Kier alpha value is -7.43. The average Bonchev–Trinajstić information content (AvgIpc) is 1.01. The number of esters is 2. The van der Waals surface area contributed by atoms with Crippen LogP contribution in [0.4, 0.5) is 13.6 Å². The number of methoxy groups -OCH3 is 2. The molecule has 0 radical (unpaired) electrons. The molecule has 27 heteroatoms. The molecule has 0 saturated heterocycles. The highest BCUT2D eigenvalue weighted by molar-refractivity contribution is 8.37. The van der Waals surface area contributed by atoms with Gasteiger partial charge in [0.05, 0.1) is 57.3 Å². The number of alkyl carbamates (subject to hydrolysis) is 1. The smallest absolute Gasteiger partial charge is 0.408 e. The van der Waals surface area contributed by atoms with E-state index in [0.29, 0.717) is 24.0 Å². The van der Waals surface area contributed by atoms with E-state index in [-0.39, 0.29) is 99.9 Å². The predicted octanol–water partition coefficient (Wildman–Crippen LogP) is 6.92. The Labute approximate surface area is 572 Å². The summed E-state index contributed by atoms with van der Waals surface area (Å²) in [5.41, 5.74) is 7.96. The summed E-state index contributed by atoms with van der Waals surface area (Å²) in [6.45, 7) is 12.1. The third kappa shape index (κ3) is 37.5. The molecule has 7 N–H and O–H groups in total. The highest BCUT2D eigenvalue weighted by atomic mass is 33.1. The molecule has 0 bridgehead atoms. The summed E-state index contributed by atoms with van der Waals surface area (Å²) in [5.74, 6) is -6.48. The number of amides is 5. The van der Waals surface area contributed by atoms with Gasteiger partial charge in [0.25, 0.3) is 0 Å². The summed E-state index contributed by atoms with van der Waals surface area (Å²) in [6, 6.07) is 25.4. The molecule has 0 aliphatic carbocycles.